The molecule has 148 valence electrons. The van der Waals surface area contributed by atoms with E-state index < -0.39 is 0 Å². The average Bonchev–Trinajstić information content (AvgIpc) is 3.13. The van der Waals surface area contributed by atoms with Crippen LogP contribution in [0.5, 0.6) is 0 Å². The molecule has 1 aromatic rings. The Morgan fingerprint density at radius 1 is 1.08 bits per heavy atom. The maximum absolute atomic E-state index is 5.50. The Labute approximate surface area is 175 Å². The SMILES string of the molecule is CCNC(=NCC1(c2ccccc2)CCCC1)NCCOCCOC.I. The molecule has 1 fully saturated rings. The molecule has 0 unspecified atom stereocenters. The number of aliphatic imine (C=N–C) groups is 1. The molecule has 0 amide bonds. The van der Waals surface area contributed by atoms with Gasteiger partial charge in [-0.15, -0.1) is 24.0 Å². The number of hydrogen-bond acceptors (Lipinski definition) is 3. The van der Waals surface area contributed by atoms with Crippen molar-refractivity contribution in [2.45, 2.75) is 38.0 Å². The number of halogens is 1. The summed E-state index contributed by atoms with van der Waals surface area (Å²) in [6.45, 7) is 6.43. The molecular formula is C20H34IN3O2. The number of nitrogens with one attached hydrogen (secondary N) is 2. The maximum atomic E-state index is 5.50. The highest BCUT2D eigenvalue weighted by Gasteiger charge is 2.35. The molecular weight excluding hydrogens is 441 g/mol. The summed E-state index contributed by atoms with van der Waals surface area (Å²) in [6, 6.07) is 10.9. The molecule has 0 bridgehead atoms. The fourth-order valence-corrected chi connectivity index (χ4v) is 3.44. The number of rotatable bonds is 10. The molecule has 0 aromatic heterocycles. The van der Waals surface area contributed by atoms with Crippen molar-refractivity contribution >= 4 is 29.9 Å². The van der Waals surface area contributed by atoms with E-state index in [4.69, 9.17) is 14.5 Å². The Bertz CT molecular complexity index is 505. The molecule has 1 aliphatic rings. The second-order valence-corrected chi connectivity index (χ2v) is 6.58. The minimum Gasteiger partial charge on any atom is -0.382 e. The van der Waals surface area contributed by atoms with E-state index >= 15 is 0 Å². The topological polar surface area (TPSA) is 54.9 Å². The van der Waals surface area contributed by atoms with Crippen LogP contribution in [0.3, 0.4) is 0 Å². The molecule has 1 saturated carbocycles. The molecule has 0 aliphatic heterocycles. The summed E-state index contributed by atoms with van der Waals surface area (Å²) in [5.41, 5.74) is 1.62. The molecule has 0 radical (unpaired) electrons. The number of hydrogen-bond donors (Lipinski definition) is 2. The summed E-state index contributed by atoms with van der Waals surface area (Å²) in [7, 11) is 1.68. The van der Waals surface area contributed by atoms with Crippen molar-refractivity contribution < 1.29 is 9.47 Å². The lowest BCUT2D eigenvalue weighted by Crippen LogP contribution is -2.40. The molecule has 1 aliphatic carbocycles. The third-order valence-electron chi connectivity index (χ3n) is 4.80. The number of nitrogens with zero attached hydrogens (tertiary/aromatic N) is 1. The van der Waals surface area contributed by atoms with Crippen molar-refractivity contribution in [1.82, 2.24) is 10.6 Å². The maximum Gasteiger partial charge on any atom is 0.191 e. The van der Waals surface area contributed by atoms with Gasteiger partial charge in [0.05, 0.1) is 26.4 Å². The Balaban J connectivity index is 0.00000338. The Kier molecular flexibility index (Phi) is 11.9. The van der Waals surface area contributed by atoms with Gasteiger partial charge in [0.25, 0.3) is 0 Å². The second kappa shape index (κ2) is 13.3. The van der Waals surface area contributed by atoms with E-state index in [-0.39, 0.29) is 29.4 Å². The fourth-order valence-electron chi connectivity index (χ4n) is 3.44. The normalized spacial score (nSPS) is 16.2. The van der Waals surface area contributed by atoms with Crippen LogP contribution in [0.15, 0.2) is 35.3 Å². The van der Waals surface area contributed by atoms with Gasteiger partial charge in [0, 0.05) is 25.6 Å². The van der Waals surface area contributed by atoms with Crippen LogP contribution in [-0.4, -0.2) is 52.5 Å². The standard InChI is InChI=1S/C20H33N3O2.HI/c1-3-21-19(22-13-14-25-16-15-24-2)23-17-20(11-7-8-12-20)18-9-5-4-6-10-18;/h4-6,9-10H,3,7-8,11-17H2,1-2H3,(H2,21,22,23);1H. The molecule has 2 rings (SSSR count). The fraction of sp³-hybridized carbons (Fsp3) is 0.650. The zero-order valence-corrected chi connectivity index (χ0v) is 18.5. The Morgan fingerprint density at radius 2 is 1.81 bits per heavy atom. The first-order chi connectivity index (χ1) is 12.3. The number of methoxy groups -OCH3 is 1. The van der Waals surface area contributed by atoms with Gasteiger partial charge < -0.3 is 20.1 Å². The van der Waals surface area contributed by atoms with E-state index in [9.17, 15) is 0 Å². The van der Waals surface area contributed by atoms with Crippen molar-refractivity contribution in [2.75, 3.05) is 46.6 Å². The second-order valence-electron chi connectivity index (χ2n) is 6.58. The third kappa shape index (κ3) is 7.40. The first-order valence-electron chi connectivity index (χ1n) is 9.45. The smallest absolute Gasteiger partial charge is 0.191 e. The van der Waals surface area contributed by atoms with E-state index in [1.165, 1.54) is 31.2 Å². The molecule has 0 spiro atoms. The van der Waals surface area contributed by atoms with Crippen molar-refractivity contribution in [1.29, 1.82) is 0 Å². The van der Waals surface area contributed by atoms with Crippen LogP contribution in [-0.2, 0) is 14.9 Å². The van der Waals surface area contributed by atoms with Crippen LogP contribution >= 0.6 is 24.0 Å². The van der Waals surface area contributed by atoms with Gasteiger partial charge in [0.1, 0.15) is 0 Å². The van der Waals surface area contributed by atoms with Crippen molar-refractivity contribution in [2.24, 2.45) is 4.99 Å². The summed E-state index contributed by atoms with van der Waals surface area (Å²) in [6.07, 6.45) is 5.03. The van der Waals surface area contributed by atoms with Gasteiger partial charge in [-0.25, -0.2) is 0 Å². The monoisotopic (exact) mass is 475 g/mol. The van der Waals surface area contributed by atoms with Gasteiger partial charge in [0.2, 0.25) is 0 Å². The lowest BCUT2D eigenvalue weighted by Gasteiger charge is -2.28. The van der Waals surface area contributed by atoms with E-state index in [2.05, 4.69) is 47.9 Å². The summed E-state index contributed by atoms with van der Waals surface area (Å²) < 4.78 is 10.5. The molecule has 2 N–H and O–H groups in total. The molecule has 6 heteroatoms. The van der Waals surface area contributed by atoms with E-state index in [0.717, 1.165) is 25.6 Å². The highest BCUT2D eigenvalue weighted by atomic mass is 127. The predicted molar refractivity (Wildman–Crippen MR) is 119 cm³/mol. The largest absolute Gasteiger partial charge is 0.382 e. The van der Waals surface area contributed by atoms with Gasteiger partial charge in [-0.2, -0.15) is 0 Å². The molecule has 5 nitrogen and oxygen atoms in total. The van der Waals surface area contributed by atoms with Crippen molar-refractivity contribution in [3.05, 3.63) is 35.9 Å². The summed E-state index contributed by atoms with van der Waals surface area (Å²) in [5.74, 6) is 0.875. The highest BCUT2D eigenvalue weighted by molar-refractivity contribution is 14.0. The molecule has 1 aromatic carbocycles. The lowest BCUT2D eigenvalue weighted by atomic mass is 9.79. The molecule has 0 atom stereocenters. The predicted octanol–water partition coefficient (Wildman–Crippen LogP) is 3.33. The molecule has 0 heterocycles. The zero-order chi connectivity index (χ0) is 17.8. The highest BCUT2D eigenvalue weighted by Crippen LogP contribution is 2.41. The molecule has 26 heavy (non-hydrogen) atoms. The molecule has 0 saturated heterocycles. The number of ether oxygens (including phenoxy) is 2. The average molecular weight is 475 g/mol. The van der Waals surface area contributed by atoms with E-state index in [1.807, 2.05) is 0 Å². The van der Waals surface area contributed by atoms with Crippen LogP contribution in [0, 0.1) is 0 Å². The third-order valence-corrected chi connectivity index (χ3v) is 4.80. The van der Waals surface area contributed by atoms with Crippen LogP contribution in [0.1, 0.15) is 38.2 Å². The van der Waals surface area contributed by atoms with Gasteiger partial charge in [0.15, 0.2) is 5.96 Å². The summed E-state index contributed by atoms with van der Waals surface area (Å²) in [5, 5.41) is 6.70. The van der Waals surface area contributed by atoms with E-state index in [0.29, 0.717) is 19.8 Å². The van der Waals surface area contributed by atoms with Gasteiger partial charge >= 0.3 is 0 Å². The summed E-state index contributed by atoms with van der Waals surface area (Å²) >= 11 is 0. The lowest BCUT2D eigenvalue weighted by molar-refractivity contribution is 0.0733. The van der Waals surface area contributed by atoms with Gasteiger partial charge in [-0.05, 0) is 25.3 Å². The quantitative estimate of drug-likeness (QED) is 0.236. The van der Waals surface area contributed by atoms with Gasteiger partial charge in [-0.3, -0.25) is 4.99 Å². The number of benzene rings is 1. The zero-order valence-electron chi connectivity index (χ0n) is 16.1. The minimum absolute atomic E-state index is 0. The van der Waals surface area contributed by atoms with Gasteiger partial charge in [-0.1, -0.05) is 43.2 Å². The van der Waals surface area contributed by atoms with Crippen LogP contribution in [0.2, 0.25) is 0 Å². The van der Waals surface area contributed by atoms with Crippen LogP contribution in [0.25, 0.3) is 0 Å². The van der Waals surface area contributed by atoms with Crippen LogP contribution in [0.4, 0.5) is 0 Å². The Morgan fingerprint density at radius 3 is 2.46 bits per heavy atom. The number of guanidine groups is 1. The summed E-state index contributed by atoms with van der Waals surface area (Å²) in [4.78, 5) is 4.89. The van der Waals surface area contributed by atoms with Crippen molar-refractivity contribution in [3.8, 4) is 0 Å². The van der Waals surface area contributed by atoms with Crippen LogP contribution < -0.4 is 10.6 Å². The first-order valence-corrected chi connectivity index (χ1v) is 9.45. The minimum atomic E-state index is 0. The van der Waals surface area contributed by atoms with E-state index in [1.54, 1.807) is 7.11 Å². The van der Waals surface area contributed by atoms with Crippen molar-refractivity contribution in [3.63, 3.8) is 0 Å². The first kappa shape index (κ1) is 23.2. The Hall–Kier alpha value is -0.860.